The SMILES string of the molecule is COCCOCCCNS(=O)(=O)c1cnc(Cl)s1. The molecule has 0 fully saturated rings. The number of thiazole rings is 1. The third kappa shape index (κ3) is 5.59. The van der Waals surface area contributed by atoms with Crippen LogP contribution in [0.4, 0.5) is 0 Å². The maximum Gasteiger partial charge on any atom is 0.251 e. The number of nitrogens with zero attached hydrogens (tertiary/aromatic N) is 1. The van der Waals surface area contributed by atoms with E-state index in [9.17, 15) is 8.42 Å². The fourth-order valence-corrected chi connectivity index (χ4v) is 3.47. The van der Waals surface area contributed by atoms with E-state index < -0.39 is 10.0 Å². The number of ether oxygens (including phenoxy) is 2. The van der Waals surface area contributed by atoms with E-state index in [1.54, 1.807) is 7.11 Å². The second-order valence-electron chi connectivity index (χ2n) is 3.29. The second kappa shape index (κ2) is 8.03. The van der Waals surface area contributed by atoms with E-state index in [0.717, 1.165) is 11.3 Å². The molecular formula is C9H15ClN2O4S2. The van der Waals surface area contributed by atoms with Crippen molar-refractivity contribution in [1.29, 1.82) is 0 Å². The zero-order chi connectivity index (χ0) is 13.4. The first-order valence-electron chi connectivity index (χ1n) is 5.24. The summed E-state index contributed by atoms with van der Waals surface area (Å²) in [6.07, 6.45) is 1.83. The number of nitrogens with one attached hydrogen (secondary N) is 1. The third-order valence-corrected chi connectivity index (χ3v) is 4.95. The quantitative estimate of drug-likeness (QED) is 0.691. The molecule has 0 aliphatic rings. The van der Waals surface area contributed by atoms with Gasteiger partial charge in [-0.15, -0.1) is 0 Å². The average molecular weight is 315 g/mol. The molecular weight excluding hydrogens is 300 g/mol. The summed E-state index contributed by atoms with van der Waals surface area (Å²) in [7, 11) is -1.90. The van der Waals surface area contributed by atoms with Gasteiger partial charge < -0.3 is 9.47 Å². The zero-order valence-corrected chi connectivity index (χ0v) is 12.3. The van der Waals surface area contributed by atoms with Crippen LogP contribution in [0.3, 0.4) is 0 Å². The average Bonchev–Trinajstić information content (AvgIpc) is 2.75. The topological polar surface area (TPSA) is 77.5 Å². The number of methoxy groups -OCH3 is 1. The van der Waals surface area contributed by atoms with Crippen LogP contribution >= 0.6 is 22.9 Å². The summed E-state index contributed by atoms with van der Waals surface area (Å²) in [6, 6.07) is 0. The lowest BCUT2D eigenvalue weighted by Crippen LogP contribution is -2.25. The standard InChI is InChI=1S/C9H15ClN2O4S2/c1-15-5-6-16-4-2-3-12-18(13,14)8-7-11-9(10)17-8/h7,12H,2-6H2,1H3. The zero-order valence-electron chi connectivity index (χ0n) is 9.89. The molecule has 0 aliphatic heterocycles. The number of halogens is 1. The first-order valence-corrected chi connectivity index (χ1v) is 7.91. The number of hydrogen-bond acceptors (Lipinski definition) is 6. The number of hydrogen-bond donors (Lipinski definition) is 1. The summed E-state index contributed by atoms with van der Waals surface area (Å²) in [5.41, 5.74) is 0. The van der Waals surface area contributed by atoms with Crippen LogP contribution in [-0.2, 0) is 19.5 Å². The molecule has 104 valence electrons. The minimum Gasteiger partial charge on any atom is -0.382 e. The maximum absolute atomic E-state index is 11.7. The Kier molecular flexibility index (Phi) is 7.05. The van der Waals surface area contributed by atoms with Crippen LogP contribution in [-0.4, -0.2) is 46.9 Å². The molecule has 0 unspecified atom stereocenters. The molecule has 1 aromatic heterocycles. The summed E-state index contributed by atoms with van der Waals surface area (Å²) < 4.78 is 36.2. The molecule has 0 atom stereocenters. The number of aromatic nitrogens is 1. The van der Waals surface area contributed by atoms with Crippen molar-refractivity contribution >= 4 is 33.0 Å². The second-order valence-corrected chi connectivity index (χ2v) is 6.90. The normalized spacial score (nSPS) is 11.9. The van der Waals surface area contributed by atoms with Gasteiger partial charge in [0.15, 0.2) is 8.68 Å². The monoisotopic (exact) mass is 314 g/mol. The Labute approximate surface area is 115 Å². The molecule has 9 heteroatoms. The van der Waals surface area contributed by atoms with E-state index >= 15 is 0 Å². The summed E-state index contributed by atoms with van der Waals surface area (Å²) in [5, 5.41) is 0. The van der Waals surface area contributed by atoms with E-state index in [4.69, 9.17) is 21.1 Å². The van der Waals surface area contributed by atoms with Crippen molar-refractivity contribution in [1.82, 2.24) is 9.71 Å². The Balaban J connectivity index is 2.22. The van der Waals surface area contributed by atoms with Gasteiger partial charge in [0.2, 0.25) is 0 Å². The predicted octanol–water partition coefficient (Wildman–Crippen LogP) is 1.13. The molecule has 0 aliphatic carbocycles. The lowest BCUT2D eigenvalue weighted by atomic mass is 10.5. The van der Waals surface area contributed by atoms with E-state index in [-0.39, 0.29) is 8.68 Å². The molecule has 1 aromatic rings. The number of sulfonamides is 1. The molecule has 0 amide bonds. The molecule has 1 heterocycles. The van der Waals surface area contributed by atoms with E-state index in [0.29, 0.717) is 32.8 Å². The minimum absolute atomic E-state index is 0.118. The van der Waals surface area contributed by atoms with Crippen molar-refractivity contribution in [3.8, 4) is 0 Å². The van der Waals surface area contributed by atoms with E-state index in [2.05, 4.69) is 9.71 Å². The van der Waals surface area contributed by atoms with Crippen LogP contribution in [0.2, 0.25) is 4.47 Å². The largest absolute Gasteiger partial charge is 0.382 e. The molecule has 6 nitrogen and oxygen atoms in total. The Morgan fingerprint density at radius 1 is 1.44 bits per heavy atom. The van der Waals surface area contributed by atoms with Crippen LogP contribution in [0, 0.1) is 0 Å². The highest BCUT2D eigenvalue weighted by molar-refractivity contribution is 7.91. The fourth-order valence-electron chi connectivity index (χ4n) is 1.06. The van der Waals surface area contributed by atoms with Crippen LogP contribution in [0.5, 0.6) is 0 Å². The Morgan fingerprint density at radius 2 is 2.22 bits per heavy atom. The van der Waals surface area contributed by atoms with Crippen molar-refractivity contribution in [3.05, 3.63) is 10.7 Å². The lowest BCUT2D eigenvalue weighted by Gasteiger charge is -2.05. The van der Waals surface area contributed by atoms with E-state index in [1.807, 2.05) is 0 Å². The van der Waals surface area contributed by atoms with Gasteiger partial charge in [0.1, 0.15) is 0 Å². The predicted molar refractivity (Wildman–Crippen MR) is 69.6 cm³/mol. The van der Waals surface area contributed by atoms with Gasteiger partial charge >= 0.3 is 0 Å². The van der Waals surface area contributed by atoms with Gasteiger partial charge in [-0.25, -0.2) is 18.1 Å². The first-order chi connectivity index (χ1) is 8.56. The molecule has 1 N–H and O–H groups in total. The minimum atomic E-state index is -3.50. The van der Waals surface area contributed by atoms with Gasteiger partial charge in [-0.2, -0.15) is 0 Å². The molecule has 1 rings (SSSR count). The van der Waals surface area contributed by atoms with Gasteiger partial charge in [-0.05, 0) is 6.42 Å². The smallest absolute Gasteiger partial charge is 0.251 e. The Bertz CT molecular complexity index is 449. The Morgan fingerprint density at radius 3 is 2.83 bits per heavy atom. The molecule has 0 saturated carbocycles. The molecule has 0 radical (unpaired) electrons. The van der Waals surface area contributed by atoms with Crippen molar-refractivity contribution in [2.24, 2.45) is 0 Å². The molecule has 0 saturated heterocycles. The number of rotatable bonds is 9. The summed E-state index contributed by atoms with van der Waals surface area (Å²) in [6.45, 7) is 1.83. The molecule has 0 bridgehead atoms. The molecule has 18 heavy (non-hydrogen) atoms. The summed E-state index contributed by atoms with van der Waals surface area (Å²) in [5.74, 6) is 0. The van der Waals surface area contributed by atoms with Gasteiger partial charge in [0, 0.05) is 20.3 Å². The van der Waals surface area contributed by atoms with Crippen LogP contribution in [0.15, 0.2) is 10.4 Å². The van der Waals surface area contributed by atoms with Gasteiger partial charge in [-0.3, -0.25) is 0 Å². The fraction of sp³-hybridized carbons (Fsp3) is 0.667. The molecule has 0 spiro atoms. The van der Waals surface area contributed by atoms with Gasteiger partial charge in [0.25, 0.3) is 10.0 Å². The molecule has 0 aromatic carbocycles. The maximum atomic E-state index is 11.7. The third-order valence-electron chi connectivity index (χ3n) is 1.91. The van der Waals surface area contributed by atoms with Crippen molar-refractivity contribution in [2.45, 2.75) is 10.6 Å². The lowest BCUT2D eigenvalue weighted by molar-refractivity contribution is 0.0699. The van der Waals surface area contributed by atoms with Crippen molar-refractivity contribution in [2.75, 3.05) is 33.5 Å². The highest BCUT2D eigenvalue weighted by atomic mass is 35.5. The highest BCUT2D eigenvalue weighted by Crippen LogP contribution is 2.21. The van der Waals surface area contributed by atoms with Crippen molar-refractivity contribution < 1.29 is 17.9 Å². The van der Waals surface area contributed by atoms with E-state index in [1.165, 1.54) is 6.20 Å². The van der Waals surface area contributed by atoms with Crippen LogP contribution in [0.25, 0.3) is 0 Å². The van der Waals surface area contributed by atoms with Crippen molar-refractivity contribution in [3.63, 3.8) is 0 Å². The van der Waals surface area contributed by atoms with Gasteiger partial charge in [-0.1, -0.05) is 22.9 Å². The van der Waals surface area contributed by atoms with Crippen LogP contribution in [0.1, 0.15) is 6.42 Å². The van der Waals surface area contributed by atoms with Crippen LogP contribution < -0.4 is 4.72 Å². The van der Waals surface area contributed by atoms with Gasteiger partial charge in [0.05, 0.1) is 19.4 Å². The summed E-state index contributed by atoms with van der Waals surface area (Å²) >= 11 is 6.51. The first kappa shape index (κ1) is 15.8. The summed E-state index contributed by atoms with van der Waals surface area (Å²) in [4.78, 5) is 3.69. The Hall–Kier alpha value is -0.250. The highest BCUT2D eigenvalue weighted by Gasteiger charge is 2.16.